The van der Waals surface area contributed by atoms with Gasteiger partial charge in [-0.2, -0.15) is 5.10 Å². The fourth-order valence-corrected chi connectivity index (χ4v) is 2.91. The van der Waals surface area contributed by atoms with Crippen LogP contribution in [0.3, 0.4) is 0 Å². The lowest BCUT2D eigenvalue weighted by atomic mass is 10.0. The van der Waals surface area contributed by atoms with Crippen molar-refractivity contribution < 1.29 is 0 Å². The molecule has 0 aromatic carbocycles. The van der Waals surface area contributed by atoms with E-state index < -0.39 is 0 Å². The van der Waals surface area contributed by atoms with E-state index in [-0.39, 0.29) is 0 Å². The predicted octanol–water partition coefficient (Wildman–Crippen LogP) is 4.66. The lowest BCUT2D eigenvalue weighted by Crippen LogP contribution is -2.00. The zero-order valence-corrected chi connectivity index (χ0v) is 15.5. The average Bonchev–Trinajstić information content (AvgIpc) is 2.68. The van der Waals surface area contributed by atoms with Crippen LogP contribution in [-0.4, -0.2) is 25.1 Å². The van der Waals surface area contributed by atoms with E-state index in [2.05, 4.69) is 39.3 Å². The van der Waals surface area contributed by atoms with Crippen molar-refractivity contribution in [3.05, 3.63) is 66.2 Å². The van der Waals surface area contributed by atoms with Gasteiger partial charge < -0.3 is 5.32 Å². The summed E-state index contributed by atoms with van der Waals surface area (Å²) in [6, 6.07) is 9.89. The molecule has 0 unspecified atom stereocenters. The average molecular weight is 356 g/mol. The summed E-state index contributed by atoms with van der Waals surface area (Å²) in [6.45, 7) is 6.30. The third-order valence-corrected chi connectivity index (χ3v) is 4.47. The minimum absolute atomic E-state index is 0.390. The summed E-state index contributed by atoms with van der Waals surface area (Å²) in [4.78, 5) is 13.4. The monoisotopic (exact) mass is 356 g/mol. The van der Waals surface area contributed by atoms with Gasteiger partial charge in [-0.05, 0) is 59.9 Å². The van der Waals surface area contributed by atoms with Crippen molar-refractivity contribution in [2.75, 3.05) is 5.32 Å². The molecule has 0 spiro atoms. The number of anilines is 2. The number of nitrogens with one attached hydrogen (secondary N) is 1. The molecule has 4 rings (SSSR count). The fraction of sp³-hybridized carbons (Fsp3) is 0.190. The van der Waals surface area contributed by atoms with Gasteiger partial charge in [0, 0.05) is 24.2 Å². The van der Waals surface area contributed by atoms with Crippen LogP contribution in [0, 0.1) is 6.92 Å². The molecule has 0 saturated heterocycles. The topological polar surface area (TPSA) is 76.5 Å². The number of aromatic nitrogens is 5. The SMILES string of the molecule is Cc1cnccc1-c1cnc2ccc(Nc3cc(C(C)C)cnn3)nc2c1. The van der Waals surface area contributed by atoms with E-state index in [1.807, 2.05) is 49.6 Å². The third-order valence-electron chi connectivity index (χ3n) is 4.47. The molecule has 4 heterocycles. The third kappa shape index (κ3) is 3.60. The summed E-state index contributed by atoms with van der Waals surface area (Å²) in [6.07, 6.45) is 7.30. The van der Waals surface area contributed by atoms with Crippen molar-refractivity contribution in [3.63, 3.8) is 0 Å². The van der Waals surface area contributed by atoms with Crippen LogP contribution in [-0.2, 0) is 0 Å². The highest BCUT2D eigenvalue weighted by Crippen LogP contribution is 2.25. The number of hydrogen-bond donors (Lipinski definition) is 1. The van der Waals surface area contributed by atoms with E-state index in [9.17, 15) is 0 Å². The predicted molar refractivity (Wildman–Crippen MR) is 107 cm³/mol. The second-order valence-corrected chi connectivity index (χ2v) is 6.80. The summed E-state index contributed by atoms with van der Waals surface area (Å²) >= 11 is 0. The Morgan fingerprint density at radius 1 is 0.926 bits per heavy atom. The van der Waals surface area contributed by atoms with Crippen molar-refractivity contribution in [2.24, 2.45) is 0 Å². The highest BCUT2D eigenvalue weighted by atomic mass is 15.2. The summed E-state index contributed by atoms with van der Waals surface area (Å²) in [5.74, 6) is 1.78. The Labute approximate surface area is 157 Å². The number of nitrogens with zero attached hydrogens (tertiary/aromatic N) is 5. The molecule has 0 fully saturated rings. The molecule has 0 saturated carbocycles. The standard InChI is InChI=1S/C21H20N6/c1-13(2)15-9-21(27-24-12-15)26-20-5-4-18-19(25-20)8-16(11-23-18)17-6-7-22-10-14(17)3/h4-13H,1-3H3,(H,25,26,27). The van der Waals surface area contributed by atoms with Crippen LogP contribution in [0.5, 0.6) is 0 Å². The van der Waals surface area contributed by atoms with Gasteiger partial charge >= 0.3 is 0 Å². The van der Waals surface area contributed by atoms with E-state index in [0.717, 1.165) is 33.3 Å². The van der Waals surface area contributed by atoms with Gasteiger partial charge in [-0.15, -0.1) is 5.10 Å². The Morgan fingerprint density at radius 3 is 2.63 bits per heavy atom. The first-order valence-corrected chi connectivity index (χ1v) is 8.87. The van der Waals surface area contributed by atoms with Crippen LogP contribution in [0.15, 0.2) is 55.1 Å². The number of aryl methyl sites for hydroxylation is 1. The normalized spacial score (nSPS) is 11.1. The van der Waals surface area contributed by atoms with Crippen LogP contribution in [0.25, 0.3) is 22.2 Å². The number of fused-ring (bicyclic) bond motifs is 1. The van der Waals surface area contributed by atoms with E-state index in [1.54, 1.807) is 12.4 Å². The second-order valence-electron chi connectivity index (χ2n) is 6.80. The Balaban J connectivity index is 1.69. The van der Waals surface area contributed by atoms with Crippen LogP contribution >= 0.6 is 0 Å². The molecule has 134 valence electrons. The summed E-state index contributed by atoms with van der Waals surface area (Å²) < 4.78 is 0. The zero-order chi connectivity index (χ0) is 18.8. The van der Waals surface area contributed by atoms with Crippen molar-refractivity contribution in [3.8, 4) is 11.1 Å². The first-order chi connectivity index (χ1) is 13.1. The molecular formula is C21H20N6. The maximum absolute atomic E-state index is 4.70. The molecule has 4 aromatic rings. The van der Waals surface area contributed by atoms with Gasteiger partial charge in [-0.3, -0.25) is 9.97 Å². The van der Waals surface area contributed by atoms with Crippen molar-refractivity contribution in [1.29, 1.82) is 0 Å². The summed E-state index contributed by atoms with van der Waals surface area (Å²) in [5, 5.41) is 11.5. The largest absolute Gasteiger partial charge is 0.323 e. The first kappa shape index (κ1) is 17.0. The van der Waals surface area contributed by atoms with E-state index >= 15 is 0 Å². The van der Waals surface area contributed by atoms with Crippen molar-refractivity contribution in [1.82, 2.24) is 25.1 Å². The molecule has 4 aromatic heterocycles. The first-order valence-electron chi connectivity index (χ1n) is 8.87. The second kappa shape index (κ2) is 7.07. The Morgan fingerprint density at radius 2 is 1.81 bits per heavy atom. The Kier molecular flexibility index (Phi) is 4.46. The van der Waals surface area contributed by atoms with Crippen LogP contribution in [0.2, 0.25) is 0 Å². The van der Waals surface area contributed by atoms with E-state index in [0.29, 0.717) is 17.6 Å². The molecule has 0 radical (unpaired) electrons. The lowest BCUT2D eigenvalue weighted by molar-refractivity contribution is 0.843. The molecular weight excluding hydrogens is 336 g/mol. The smallest absolute Gasteiger partial charge is 0.154 e. The van der Waals surface area contributed by atoms with Gasteiger partial charge in [-0.1, -0.05) is 13.8 Å². The quantitative estimate of drug-likeness (QED) is 0.573. The van der Waals surface area contributed by atoms with Crippen molar-refractivity contribution >= 4 is 22.7 Å². The fourth-order valence-electron chi connectivity index (χ4n) is 2.91. The van der Waals surface area contributed by atoms with Gasteiger partial charge in [0.2, 0.25) is 0 Å². The maximum Gasteiger partial charge on any atom is 0.154 e. The summed E-state index contributed by atoms with van der Waals surface area (Å²) in [7, 11) is 0. The minimum atomic E-state index is 0.390. The Hall–Kier alpha value is -3.41. The highest BCUT2D eigenvalue weighted by Gasteiger charge is 2.07. The molecule has 0 aliphatic heterocycles. The van der Waals surface area contributed by atoms with Crippen LogP contribution in [0.4, 0.5) is 11.6 Å². The van der Waals surface area contributed by atoms with E-state index in [4.69, 9.17) is 4.98 Å². The lowest BCUT2D eigenvalue weighted by Gasteiger charge is -2.09. The Bertz CT molecular complexity index is 1110. The van der Waals surface area contributed by atoms with Crippen LogP contribution < -0.4 is 5.32 Å². The zero-order valence-electron chi connectivity index (χ0n) is 15.5. The maximum atomic E-state index is 4.70. The number of hydrogen-bond acceptors (Lipinski definition) is 6. The molecule has 0 bridgehead atoms. The number of pyridine rings is 3. The molecule has 1 N–H and O–H groups in total. The minimum Gasteiger partial charge on any atom is -0.323 e. The van der Waals surface area contributed by atoms with Gasteiger partial charge in [0.15, 0.2) is 5.82 Å². The molecule has 6 nitrogen and oxygen atoms in total. The molecule has 0 aliphatic carbocycles. The molecule has 0 amide bonds. The highest BCUT2D eigenvalue weighted by molar-refractivity contribution is 5.82. The summed E-state index contributed by atoms with van der Waals surface area (Å²) in [5.41, 5.74) is 6.03. The van der Waals surface area contributed by atoms with Gasteiger partial charge in [0.25, 0.3) is 0 Å². The van der Waals surface area contributed by atoms with Gasteiger partial charge in [-0.25, -0.2) is 4.98 Å². The van der Waals surface area contributed by atoms with Gasteiger partial charge in [0.1, 0.15) is 5.82 Å². The molecule has 0 atom stereocenters. The molecule has 6 heteroatoms. The van der Waals surface area contributed by atoms with Crippen molar-refractivity contribution in [2.45, 2.75) is 26.7 Å². The molecule has 0 aliphatic rings. The van der Waals surface area contributed by atoms with Gasteiger partial charge in [0.05, 0.1) is 17.2 Å². The van der Waals surface area contributed by atoms with Crippen LogP contribution in [0.1, 0.15) is 30.9 Å². The number of rotatable bonds is 4. The molecule has 27 heavy (non-hydrogen) atoms. The van der Waals surface area contributed by atoms with E-state index in [1.165, 1.54) is 0 Å².